The Kier molecular flexibility index (Phi) is 11.8. The van der Waals surface area contributed by atoms with Crippen molar-refractivity contribution in [3.05, 3.63) is 71.3 Å². The molecule has 12 nitrogen and oxygen atoms in total. The molecule has 0 saturated heterocycles. The molecule has 0 spiro atoms. The standard InChI is InChI=1S/C28H33N5O7/c1-28(2,3)40-27(38)21(15-23(29)34)30-17-24(35)31-16-22(26(37)33-39)32-25(36)20-13-11-19(12-14-20)10-9-18-7-5-4-6-8-18/h4-8,11-14,21-22,30,39H,15-17H2,1-3H3,(H2,29,34)(H,31,35)(H,32,36)(H,33,37)/t21?,22-/m0/s1. The third-order valence-corrected chi connectivity index (χ3v) is 5.11. The van der Waals surface area contributed by atoms with E-state index < -0.39 is 60.2 Å². The van der Waals surface area contributed by atoms with Crippen molar-refractivity contribution in [2.24, 2.45) is 5.73 Å². The molecule has 0 bridgehead atoms. The van der Waals surface area contributed by atoms with Gasteiger partial charge in [0.15, 0.2) is 0 Å². The van der Waals surface area contributed by atoms with Crippen LogP contribution < -0.4 is 27.2 Å². The van der Waals surface area contributed by atoms with Crippen LogP contribution in [0.25, 0.3) is 0 Å². The maximum Gasteiger partial charge on any atom is 0.324 e. The van der Waals surface area contributed by atoms with Gasteiger partial charge in [0, 0.05) is 23.2 Å². The number of rotatable bonds is 11. The van der Waals surface area contributed by atoms with E-state index in [2.05, 4.69) is 27.8 Å². The zero-order valence-electron chi connectivity index (χ0n) is 22.4. The number of hydroxylamine groups is 1. The Labute approximate surface area is 232 Å². The minimum atomic E-state index is -1.33. The SMILES string of the molecule is CC(C)(C)OC(=O)C(CC(N)=O)NCC(=O)NC[C@H](NC(=O)c1ccc(C#Cc2ccccc2)cc1)C(=O)NO. The highest BCUT2D eigenvalue weighted by molar-refractivity contribution is 5.97. The van der Waals surface area contributed by atoms with Crippen molar-refractivity contribution < 1.29 is 33.9 Å². The van der Waals surface area contributed by atoms with Crippen LogP contribution in [-0.2, 0) is 23.9 Å². The molecule has 0 aliphatic rings. The molecular formula is C28H33N5O7. The quantitative estimate of drug-likeness (QED) is 0.0972. The van der Waals surface area contributed by atoms with Gasteiger partial charge in [-0.25, -0.2) is 5.48 Å². The first-order valence-corrected chi connectivity index (χ1v) is 12.3. The van der Waals surface area contributed by atoms with E-state index in [4.69, 9.17) is 15.7 Å². The molecule has 1 unspecified atom stereocenters. The van der Waals surface area contributed by atoms with Crippen LogP contribution >= 0.6 is 0 Å². The molecule has 0 heterocycles. The fourth-order valence-electron chi connectivity index (χ4n) is 3.21. The molecular weight excluding hydrogens is 518 g/mol. The molecule has 0 aliphatic carbocycles. The average molecular weight is 552 g/mol. The second-order valence-electron chi connectivity index (χ2n) is 9.64. The highest BCUT2D eigenvalue weighted by Crippen LogP contribution is 2.10. The molecule has 2 atom stereocenters. The first-order chi connectivity index (χ1) is 18.9. The lowest BCUT2D eigenvalue weighted by Crippen LogP contribution is -2.53. The number of carbonyl (C=O) groups excluding carboxylic acids is 5. The summed E-state index contributed by atoms with van der Waals surface area (Å²) in [6, 6.07) is 13.2. The van der Waals surface area contributed by atoms with Crippen LogP contribution in [0.15, 0.2) is 54.6 Å². The first kappa shape index (κ1) is 31.5. The molecule has 7 N–H and O–H groups in total. The Morgan fingerprint density at radius 2 is 1.52 bits per heavy atom. The van der Waals surface area contributed by atoms with E-state index in [1.165, 1.54) is 17.6 Å². The van der Waals surface area contributed by atoms with Crippen LogP contribution in [0.4, 0.5) is 0 Å². The molecule has 40 heavy (non-hydrogen) atoms. The number of nitrogens with one attached hydrogen (secondary N) is 4. The average Bonchev–Trinajstić information content (AvgIpc) is 2.91. The van der Waals surface area contributed by atoms with Crippen LogP contribution in [-0.4, -0.2) is 65.6 Å². The van der Waals surface area contributed by atoms with Gasteiger partial charge in [0.25, 0.3) is 11.8 Å². The molecule has 2 rings (SSSR count). The van der Waals surface area contributed by atoms with Gasteiger partial charge in [0.05, 0.1) is 13.0 Å². The molecule has 4 amide bonds. The molecule has 2 aromatic rings. The summed E-state index contributed by atoms with van der Waals surface area (Å²) in [5.41, 5.74) is 7.54. The van der Waals surface area contributed by atoms with E-state index in [1.807, 2.05) is 30.3 Å². The van der Waals surface area contributed by atoms with Gasteiger partial charge in [-0.3, -0.25) is 34.5 Å². The molecule has 12 heteroatoms. The summed E-state index contributed by atoms with van der Waals surface area (Å²) in [5.74, 6) is 2.20. The van der Waals surface area contributed by atoms with E-state index in [9.17, 15) is 24.0 Å². The summed E-state index contributed by atoms with van der Waals surface area (Å²) in [5, 5.41) is 16.5. The number of hydrogen-bond acceptors (Lipinski definition) is 8. The summed E-state index contributed by atoms with van der Waals surface area (Å²) in [7, 11) is 0. The van der Waals surface area contributed by atoms with Gasteiger partial charge in [-0.05, 0) is 57.2 Å². The number of nitrogens with two attached hydrogens (primary N) is 1. The monoisotopic (exact) mass is 551 g/mol. The van der Waals surface area contributed by atoms with Gasteiger partial charge in [-0.1, -0.05) is 30.0 Å². The molecule has 0 aromatic heterocycles. The normalized spacial score (nSPS) is 12.1. The summed E-state index contributed by atoms with van der Waals surface area (Å²) in [6.45, 7) is 4.13. The largest absolute Gasteiger partial charge is 0.459 e. The topological polar surface area (TPSA) is 189 Å². The third kappa shape index (κ3) is 11.3. The molecule has 0 fully saturated rings. The molecule has 0 aliphatic heterocycles. The second kappa shape index (κ2) is 15.0. The lowest BCUT2D eigenvalue weighted by atomic mass is 10.1. The Morgan fingerprint density at radius 3 is 2.08 bits per heavy atom. The van der Waals surface area contributed by atoms with E-state index >= 15 is 0 Å². The number of hydrogen-bond donors (Lipinski definition) is 6. The van der Waals surface area contributed by atoms with Gasteiger partial charge in [0.2, 0.25) is 11.8 Å². The predicted octanol–water partition coefficient (Wildman–Crippen LogP) is -0.0183. The van der Waals surface area contributed by atoms with Crippen molar-refractivity contribution in [2.45, 2.75) is 44.9 Å². The van der Waals surface area contributed by atoms with Crippen LogP contribution in [0.5, 0.6) is 0 Å². The Balaban J connectivity index is 1.95. The Morgan fingerprint density at radius 1 is 0.925 bits per heavy atom. The van der Waals surface area contributed by atoms with Crippen molar-refractivity contribution >= 4 is 29.6 Å². The first-order valence-electron chi connectivity index (χ1n) is 12.3. The minimum Gasteiger partial charge on any atom is -0.459 e. The zero-order chi connectivity index (χ0) is 29.7. The van der Waals surface area contributed by atoms with Crippen molar-refractivity contribution in [1.29, 1.82) is 0 Å². The van der Waals surface area contributed by atoms with Crippen LogP contribution in [0.3, 0.4) is 0 Å². The highest BCUT2D eigenvalue weighted by atomic mass is 16.6. The number of amides is 4. The van der Waals surface area contributed by atoms with Crippen molar-refractivity contribution in [3.8, 4) is 11.8 Å². The van der Waals surface area contributed by atoms with E-state index in [0.29, 0.717) is 5.56 Å². The number of benzene rings is 2. The maximum absolute atomic E-state index is 12.7. The van der Waals surface area contributed by atoms with Crippen molar-refractivity contribution in [2.75, 3.05) is 13.1 Å². The summed E-state index contributed by atoms with van der Waals surface area (Å²) in [4.78, 5) is 60.8. The fourth-order valence-corrected chi connectivity index (χ4v) is 3.21. The zero-order valence-corrected chi connectivity index (χ0v) is 22.4. The molecule has 0 saturated carbocycles. The molecule has 212 valence electrons. The maximum atomic E-state index is 12.7. The van der Waals surface area contributed by atoms with E-state index in [1.54, 1.807) is 32.9 Å². The van der Waals surface area contributed by atoms with E-state index in [0.717, 1.165) is 5.56 Å². The summed E-state index contributed by atoms with van der Waals surface area (Å²) in [6.07, 6.45) is -0.398. The van der Waals surface area contributed by atoms with Gasteiger partial charge in [-0.2, -0.15) is 0 Å². The van der Waals surface area contributed by atoms with Crippen molar-refractivity contribution in [3.63, 3.8) is 0 Å². The Hall–Kier alpha value is -4.73. The smallest absolute Gasteiger partial charge is 0.324 e. The lowest BCUT2D eigenvalue weighted by Gasteiger charge is -2.24. The Bertz CT molecular complexity index is 1260. The summed E-state index contributed by atoms with van der Waals surface area (Å²) < 4.78 is 5.23. The van der Waals surface area contributed by atoms with Gasteiger partial charge in [0.1, 0.15) is 17.7 Å². The minimum absolute atomic E-state index is 0.223. The number of esters is 1. The van der Waals surface area contributed by atoms with Crippen molar-refractivity contribution in [1.82, 2.24) is 21.4 Å². The molecule has 0 radical (unpaired) electrons. The van der Waals surface area contributed by atoms with Gasteiger partial charge < -0.3 is 21.1 Å². The second-order valence-corrected chi connectivity index (χ2v) is 9.64. The lowest BCUT2D eigenvalue weighted by molar-refractivity contribution is -0.158. The summed E-state index contributed by atoms with van der Waals surface area (Å²) >= 11 is 0. The van der Waals surface area contributed by atoms with Gasteiger partial charge >= 0.3 is 5.97 Å². The van der Waals surface area contributed by atoms with Crippen LogP contribution in [0.1, 0.15) is 48.7 Å². The van der Waals surface area contributed by atoms with Crippen LogP contribution in [0.2, 0.25) is 0 Å². The highest BCUT2D eigenvalue weighted by Gasteiger charge is 2.27. The predicted molar refractivity (Wildman–Crippen MR) is 145 cm³/mol. The fraction of sp³-hybridized carbons (Fsp3) is 0.321. The van der Waals surface area contributed by atoms with Gasteiger partial charge in [-0.15, -0.1) is 0 Å². The molecule has 2 aromatic carbocycles. The number of primary amides is 1. The number of carbonyl (C=O) groups is 5. The number of ether oxygens (including phenoxy) is 1. The third-order valence-electron chi connectivity index (χ3n) is 5.11. The van der Waals surface area contributed by atoms with E-state index in [-0.39, 0.29) is 12.1 Å². The van der Waals surface area contributed by atoms with Crippen LogP contribution in [0, 0.1) is 11.8 Å².